The van der Waals surface area contributed by atoms with Gasteiger partial charge in [0.1, 0.15) is 60.4 Å². The number of hydrogen-bond acceptors (Lipinski definition) is 21. The Morgan fingerprint density at radius 3 is 1.67 bits per heavy atom. The lowest BCUT2D eigenvalue weighted by atomic mass is 9.99. The number of nitrogens with one attached hydrogen (secondary N) is 15. The summed E-state index contributed by atoms with van der Waals surface area (Å²) in [6, 6.07) is 3.54. The summed E-state index contributed by atoms with van der Waals surface area (Å²) >= 11 is 0. The number of amides is 12. The van der Waals surface area contributed by atoms with Gasteiger partial charge in [-0.1, -0.05) is 129 Å². The largest absolute Gasteiger partial charge is 0.481 e. The number of fused-ring (bicyclic) bond motifs is 2. The van der Waals surface area contributed by atoms with Crippen molar-refractivity contribution in [3.8, 4) is 0 Å². The van der Waals surface area contributed by atoms with E-state index in [4.69, 9.17) is 4.74 Å². The van der Waals surface area contributed by atoms with Gasteiger partial charge in [-0.05, 0) is 93.0 Å². The second-order valence-corrected chi connectivity index (χ2v) is 31.7. The van der Waals surface area contributed by atoms with Crippen molar-refractivity contribution in [2.45, 2.75) is 206 Å². The van der Waals surface area contributed by atoms with Gasteiger partial charge in [-0.25, -0.2) is 0 Å². The molecule has 0 spiro atoms. The van der Waals surface area contributed by atoms with Crippen LogP contribution in [0.2, 0.25) is 0 Å². The van der Waals surface area contributed by atoms with Gasteiger partial charge in [-0.2, -0.15) is 0 Å². The van der Waals surface area contributed by atoms with Gasteiger partial charge in [0.05, 0.1) is 44.5 Å². The summed E-state index contributed by atoms with van der Waals surface area (Å²) < 4.78 is 6.13. The third-order valence-corrected chi connectivity index (χ3v) is 20.8. The Balaban J connectivity index is 1.43. The first kappa shape index (κ1) is 91.7. The second-order valence-electron chi connectivity index (χ2n) is 29.2. The number of aromatic nitrogens is 2. The van der Waals surface area contributed by atoms with Gasteiger partial charge in [0, 0.05) is 71.9 Å². The summed E-state index contributed by atoms with van der Waals surface area (Å²) in [6.07, 6.45) is -3.10. The molecule has 2 aromatic heterocycles. The predicted octanol–water partition coefficient (Wildman–Crippen LogP) is -0.419. The number of aromatic amines is 2. The van der Waals surface area contributed by atoms with Crippen molar-refractivity contribution in [1.82, 2.24) is 79.1 Å². The molecule has 1 saturated heterocycles. The first-order chi connectivity index (χ1) is 53.5. The van der Waals surface area contributed by atoms with Crippen LogP contribution in [-0.2, 0) is 91.1 Å². The fourth-order valence-corrected chi connectivity index (χ4v) is 14.6. The molecular weight excluding hydrogens is 1510 g/mol. The zero-order chi connectivity index (χ0) is 83.3. The Morgan fingerprint density at radius 2 is 1.12 bits per heavy atom. The number of aliphatic carboxylic acids is 2. The van der Waals surface area contributed by atoms with Crippen LogP contribution in [0.3, 0.4) is 0 Å². The van der Waals surface area contributed by atoms with Gasteiger partial charge in [0.15, 0.2) is 6.29 Å². The highest BCUT2D eigenvalue weighted by molar-refractivity contribution is 8.76. The molecule has 0 aliphatic carbocycles. The van der Waals surface area contributed by atoms with E-state index in [1.54, 1.807) is 122 Å². The second kappa shape index (κ2) is 44.9. The van der Waals surface area contributed by atoms with E-state index in [-0.39, 0.29) is 63.2 Å². The first-order valence-corrected chi connectivity index (χ1v) is 39.7. The summed E-state index contributed by atoms with van der Waals surface area (Å²) in [6.45, 7) is 14.5. The van der Waals surface area contributed by atoms with E-state index in [1.165, 1.54) is 13.8 Å². The normalized spacial score (nSPS) is 22.9. The number of para-hydroxylation sites is 2. The molecule has 35 nitrogen and oxygen atoms in total. The minimum absolute atomic E-state index is 0.0216. The highest BCUT2D eigenvalue weighted by Crippen LogP contribution is 2.26. The van der Waals surface area contributed by atoms with Crippen molar-refractivity contribution in [3.05, 3.63) is 107 Å². The van der Waals surface area contributed by atoms with Crippen molar-refractivity contribution in [2.24, 2.45) is 17.8 Å². The number of carbonyl (C=O) groups excluding carboxylic acids is 12. The number of carboxylic acids is 2. The highest BCUT2D eigenvalue weighted by atomic mass is 33.1. The van der Waals surface area contributed by atoms with Crippen molar-refractivity contribution in [1.29, 1.82) is 0 Å². The van der Waals surface area contributed by atoms with Crippen molar-refractivity contribution in [3.63, 3.8) is 0 Å². The molecule has 3 aromatic carbocycles. The molecule has 0 radical (unpaired) electrons. The Hall–Kier alpha value is -10.2. The molecule has 1 aliphatic rings. The Morgan fingerprint density at radius 1 is 0.575 bits per heavy atom. The molecule has 1 fully saturated rings. The summed E-state index contributed by atoms with van der Waals surface area (Å²) in [5, 5.41) is 86.1. The van der Waals surface area contributed by atoms with Gasteiger partial charge in [0.2, 0.25) is 70.9 Å². The fourth-order valence-electron chi connectivity index (χ4n) is 12.3. The van der Waals surface area contributed by atoms with Crippen LogP contribution in [0.1, 0.15) is 117 Å². The van der Waals surface area contributed by atoms with Crippen LogP contribution in [0.15, 0.2) is 85.2 Å². The molecule has 0 bridgehead atoms. The lowest BCUT2D eigenvalue weighted by Crippen LogP contribution is -2.60. The minimum Gasteiger partial charge on any atom is -0.481 e. The van der Waals surface area contributed by atoms with Crippen LogP contribution in [0.5, 0.6) is 0 Å². The molecule has 12 amide bonds. The fraction of sp³-hybridized carbons (Fsp3) is 0.526. The van der Waals surface area contributed by atoms with E-state index in [2.05, 4.69) is 79.1 Å². The van der Waals surface area contributed by atoms with Crippen LogP contribution in [0.25, 0.3) is 21.8 Å². The summed E-state index contributed by atoms with van der Waals surface area (Å²) in [7, 11) is 1.66. The molecule has 113 heavy (non-hydrogen) atoms. The average molecular weight is 1610 g/mol. The van der Waals surface area contributed by atoms with E-state index in [0.29, 0.717) is 33.1 Å². The van der Waals surface area contributed by atoms with Crippen LogP contribution in [0.4, 0.5) is 0 Å². The maximum Gasteiger partial charge on any atom is 0.305 e. The van der Waals surface area contributed by atoms with E-state index >= 15 is 4.79 Å². The molecule has 20 N–H and O–H groups in total. The molecule has 3 heterocycles. The molecular formula is C76H107N15O20S2. The van der Waals surface area contributed by atoms with Gasteiger partial charge < -0.3 is 104 Å². The first-order valence-electron chi connectivity index (χ1n) is 37.2. The zero-order valence-corrected chi connectivity index (χ0v) is 66.4. The van der Waals surface area contributed by atoms with E-state index < -0.39 is 205 Å². The van der Waals surface area contributed by atoms with Crippen LogP contribution < -0.4 is 69.1 Å². The zero-order valence-electron chi connectivity index (χ0n) is 64.8. The molecule has 5 aromatic rings. The van der Waals surface area contributed by atoms with E-state index in [9.17, 15) is 87.9 Å². The van der Waals surface area contributed by atoms with E-state index in [0.717, 1.165) is 39.5 Å². The molecule has 1 aliphatic heterocycles. The lowest BCUT2D eigenvalue weighted by molar-refractivity contribution is -0.141. The van der Waals surface area contributed by atoms with E-state index in [1.807, 2.05) is 12.1 Å². The molecule has 13 atom stereocenters. The third kappa shape index (κ3) is 30.0. The average Bonchev–Trinajstić information content (AvgIpc) is 1.71. The lowest BCUT2D eigenvalue weighted by Gasteiger charge is -2.29. The number of H-pyrrole nitrogens is 2. The number of carboxylic acid groups (broad SMARTS) is 2. The Labute approximate surface area is 661 Å². The van der Waals surface area contributed by atoms with Crippen LogP contribution in [-0.4, -0.2) is 235 Å². The maximum absolute atomic E-state index is 15.2. The SMILES string of the molecule is CC(=O)N[C@@H](CC(=O)O)C(=O)N[C@H]1CSSC[C@@H](C(=O)N[C@H](C(O)O)[C@@H](C)O)NC(=O)[C@H](Cc2c[nH]c3ccccc23)NCOC[C@H](C(C)C)NC(=O)[C@H](CC(C)C)NC(=O)[C@H](CCC(=O)O)NC(=O)CNC(=O)[C@H](CC(C)C)NC(=O)[C@H](Cc2cccc(C)c2)NC(=O)[C@H](Cc2c[nH]c3ccccc23)NC(=O)[C@H](C)NC1=O. The van der Waals surface area contributed by atoms with Gasteiger partial charge in [-0.15, -0.1) is 0 Å². The third-order valence-electron chi connectivity index (χ3n) is 18.4. The number of aliphatic hydroxyl groups excluding tert-OH is 2. The van der Waals surface area contributed by atoms with Gasteiger partial charge in [-0.3, -0.25) is 72.4 Å². The molecule has 0 saturated carbocycles. The summed E-state index contributed by atoms with van der Waals surface area (Å²) in [5.41, 5.74) is 3.84. The van der Waals surface area contributed by atoms with Crippen LogP contribution in [0, 0.1) is 24.7 Å². The maximum atomic E-state index is 15.2. The summed E-state index contributed by atoms with van der Waals surface area (Å²) in [5.74, 6) is -15.7. The standard InChI is InChI=1S/C76H107N15O20S2/c1-38(2)24-54-67(100)79-33-62(94)83-52(22-23-63(95)96)68(101)86-55(25-39(3)4)70(103)88-59(40(5)6)34-111-37-80-53(28-46-31-77-50-20-13-11-18-48(46)50)69(102)89-61(75(108)91-65(43(9)92)76(109)110)36-113-112-35-60(90-73(106)58(30-64(97)98)82-44(10)93)74(107)81-42(8)66(99)84-57(29-47-32-78-51-21-14-12-19-49(47)51)72(105)87-56(71(104)85-54)27-45-17-15-16-41(7)26-45/h11-21,26,31-32,38-40,42-43,52-61,65,76-78,80,92,109-110H,22-25,27-30,33-37H2,1-10H3,(H,79,100)(H,81,107)(H,82,93)(H,83,94)(H,84,99)(H,85,104)(H,86,101)(H,87,105)(H,88,103)(H,89,102)(H,90,106)(H,91,108)(H,95,96)(H,97,98)/t42-,43+,52-,53-,54-,55-,56-,57-,58-,59+,60-,61-,65-/m0/s1. The molecule has 6 rings (SSSR count). The van der Waals surface area contributed by atoms with Gasteiger partial charge >= 0.3 is 11.9 Å². The molecule has 0 unspecified atom stereocenters. The topological polar surface area (TPSA) is 537 Å². The molecule has 37 heteroatoms. The molecule has 618 valence electrons. The number of aliphatic hydroxyl groups is 3. The number of benzene rings is 3. The van der Waals surface area contributed by atoms with Gasteiger partial charge in [0.25, 0.3) is 0 Å². The number of aryl methyl sites for hydroxylation is 1. The monoisotopic (exact) mass is 1610 g/mol. The number of ether oxygens (including phenoxy) is 1. The quantitative estimate of drug-likeness (QED) is 0.0292. The number of rotatable bonds is 23. The van der Waals surface area contributed by atoms with Crippen molar-refractivity contribution in [2.75, 3.05) is 31.4 Å². The summed E-state index contributed by atoms with van der Waals surface area (Å²) in [4.78, 5) is 202. The smallest absolute Gasteiger partial charge is 0.305 e. The van der Waals surface area contributed by atoms with Crippen molar-refractivity contribution >= 4 is 126 Å². The van der Waals surface area contributed by atoms with Crippen molar-refractivity contribution < 1.29 is 97.4 Å². The minimum atomic E-state index is -2.32. The predicted molar refractivity (Wildman–Crippen MR) is 420 cm³/mol. The van der Waals surface area contributed by atoms with Crippen LogP contribution >= 0.6 is 21.6 Å². The Bertz CT molecular complexity index is 4110. The highest BCUT2D eigenvalue weighted by Gasteiger charge is 2.38. The number of hydrogen-bond donors (Lipinski definition) is 20. The Kier molecular flexibility index (Phi) is 36.4. The number of carbonyl (C=O) groups is 14.